The lowest BCUT2D eigenvalue weighted by Crippen LogP contribution is -2.38. The van der Waals surface area contributed by atoms with Crippen molar-refractivity contribution in [2.45, 2.75) is 45.2 Å². The molecule has 14 heteroatoms. The summed E-state index contributed by atoms with van der Waals surface area (Å²) in [5.74, 6) is 0. The summed E-state index contributed by atoms with van der Waals surface area (Å²) >= 11 is 12.2. The number of rotatable bonds is 12. The molecule has 1 aliphatic rings. The summed E-state index contributed by atoms with van der Waals surface area (Å²) in [4.78, 5) is 30.3. The molecule has 0 aliphatic carbocycles. The van der Waals surface area contributed by atoms with E-state index in [9.17, 15) is 28.1 Å². The van der Waals surface area contributed by atoms with Crippen LogP contribution in [0.25, 0.3) is 20.9 Å². The first-order valence-corrected chi connectivity index (χ1v) is 15.7. The molecular weight excluding hydrogens is 632 g/mol. The zero-order valence-electron chi connectivity index (χ0n) is 23.6. The molecule has 44 heavy (non-hydrogen) atoms. The van der Waals surface area contributed by atoms with E-state index in [2.05, 4.69) is 33.8 Å². The van der Waals surface area contributed by atoms with Crippen molar-refractivity contribution < 1.29 is 18.1 Å². The van der Waals surface area contributed by atoms with Gasteiger partial charge in [-0.15, -0.1) is 0 Å². The predicted molar refractivity (Wildman–Crippen MR) is 177 cm³/mol. The molecule has 0 bridgehead atoms. The van der Waals surface area contributed by atoms with Gasteiger partial charge in [0.15, 0.2) is 5.13 Å². The highest BCUT2D eigenvalue weighted by atomic mass is 32.1. The Labute approximate surface area is 265 Å². The first-order valence-electron chi connectivity index (χ1n) is 14.1. The topological polar surface area (TPSA) is 100 Å². The number of alkyl halides is 3. The standard InChI is InChI=1S/C30H28F3N5O3S3/c1-2-37-27(42)19-10-8-9-18-22(12-11-20(24(18)19)28(37)43)34-13-6-4-3-5-7-14-35-29-36-26(39)21-15-17(30(31,32)33)16-23(38(40)41)25(21)44-29/h8-12,15-16,34H,2-7,13-14H2,1H3,(H,35,36,39). The minimum atomic E-state index is -4.82. The van der Waals surface area contributed by atoms with Crippen molar-refractivity contribution in [3.8, 4) is 0 Å². The zero-order valence-corrected chi connectivity index (χ0v) is 26.1. The maximum atomic E-state index is 13.2. The van der Waals surface area contributed by atoms with Gasteiger partial charge in [0.1, 0.15) is 14.7 Å². The van der Waals surface area contributed by atoms with Crippen LogP contribution in [0, 0.1) is 10.1 Å². The Morgan fingerprint density at radius 3 is 2.27 bits per heavy atom. The molecule has 0 saturated carbocycles. The molecule has 0 fully saturated rings. The van der Waals surface area contributed by atoms with Crippen LogP contribution in [0.4, 0.5) is 29.7 Å². The molecule has 2 N–H and O–H groups in total. The molecule has 0 atom stereocenters. The van der Waals surface area contributed by atoms with Crippen molar-refractivity contribution in [2.75, 3.05) is 30.3 Å². The first kappa shape index (κ1) is 31.7. The fraction of sp³-hybridized carbons (Fsp3) is 0.333. The SMILES string of the molecule is CCN1C(=S)c2cccc3c(NCCCCCCCNc4nc(=O)c5cc(C(F)(F)F)cc([N+](=O)[O-])c5s4)ccc(c23)C1=S. The lowest BCUT2D eigenvalue weighted by Gasteiger charge is -2.31. The number of fused-ring (bicyclic) bond motifs is 1. The van der Waals surface area contributed by atoms with E-state index in [0.29, 0.717) is 18.7 Å². The van der Waals surface area contributed by atoms with E-state index in [-0.39, 0.29) is 9.83 Å². The highest BCUT2D eigenvalue weighted by molar-refractivity contribution is 7.82. The van der Waals surface area contributed by atoms with Crippen molar-refractivity contribution in [3.63, 3.8) is 0 Å². The van der Waals surface area contributed by atoms with Crippen LogP contribution in [0.3, 0.4) is 0 Å². The molecule has 0 spiro atoms. The average molecular weight is 660 g/mol. The van der Waals surface area contributed by atoms with Gasteiger partial charge in [-0.1, -0.05) is 73.2 Å². The van der Waals surface area contributed by atoms with E-state index >= 15 is 0 Å². The number of benzene rings is 3. The molecule has 1 aliphatic heterocycles. The van der Waals surface area contributed by atoms with Crippen molar-refractivity contribution >= 4 is 83.1 Å². The lowest BCUT2D eigenvalue weighted by atomic mass is 9.94. The Morgan fingerprint density at radius 1 is 0.955 bits per heavy atom. The summed E-state index contributed by atoms with van der Waals surface area (Å²) in [5, 5.41) is 19.9. The molecule has 2 heterocycles. The molecule has 0 amide bonds. The van der Waals surface area contributed by atoms with E-state index in [1.54, 1.807) is 0 Å². The number of unbranched alkanes of at least 4 members (excludes halogenated alkanes) is 4. The number of hydrogen-bond donors (Lipinski definition) is 2. The number of nitro groups is 1. The molecule has 4 aromatic rings. The maximum Gasteiger partial charge on any atom is 0.416 e. The van der Waals surface area contributed by atoms with Crippen molar-refractivity contribution in [1.29, 1.82) is 0 Å². The monoisotopic (exact) mass is 659 g/mol. The molecule has 0 saturated heterocycles. The van der Waals surface area contributed by atoms with Gasteiger partial charge in [-0.2, -0.15) is 18.2 Å². The van der Waals surface area contributed by atoms with E-state index in [4.69, 9.17) is 24.4 Å². The van der Waals surface area contributed by atoms with Gasteiger partial charge in [0, 0.05) is 53.3 Å². The van der Waals surface area contributed by atoms with Gasteiger partial charge in [-0.3, -0.25) is 14.9 Å². The van der Waals surface area contributed by atoms with E-state index in [0.717, 1.165) is 94.1 Å². The van der Waals surface area contributed by atoms with Gasteiger partial charge in [-0.25, -0.2) is 0 Å². The Bertz CT molecular complexity index is 1820. The number of anilines is 2. The largest absolute Gasteiger partial charge is 0.416 e. The summed E-state index contributed by atoms with van der Waals surface area (Å²) < 4.78 is 39.3. The van der Waals surface area contributed by atoms with Crippen LogP contribution < -0.4 is 16.2 Å². The summed E-state index contributed by atoms with van der Waals surface area (Å²) in [6.45, 7) is 4.04. The summed E-state index contributed by atoms with van der Waals surface area (Å²) in [5.41, 5.74) is 0.144. The minimum absolute atomic E-state index is 0.137. The Kier molecular flexibility index (Phi) is 9.42. The fourth-order valence-corrected chi connectivity index (χ4v) is 7.14. The summed E-state index contributed by atoms with van der Waals surface area (Å²) in [6, 6.07) is 11.4. The Hall–Kier alpha value is -3.75. The van der Waals surface area contributed by atoms with Crippen LogP contribution in [0.1, 0.15) is 55.7 Å². The minimum Gasteiger partial charge on any atom is -0.385 e. The number of nitro benzene ring substituents is 1. The van der Waals surface area contributed by atoms with E-state index < -0.39 is 33.3 Å². The van der Waals surface area contributed by atoms with E-state index in [1.807, 2.05) is 24.0 Å². The summed E-state index contributed by atoms with van der Waals surface area (Å²) in [7, 11) is 0. The number of halogens is 3. The average Bonchev–Trinajstić information content (AvgIpc) is 2.98. The molecule has 3 aromatic carbocycles. The Balaban J connectivity index is 1.10. The second-order valence-electron chi connectivity index (χ2n) is 10.3. The van der Waals surface area contributed by atoms with Crippen molar-refractivity contribution in [1.82, 2.24) is 9.88 Å². The molecular formula is C30H28F3N5O3S3. The van der Waals surface area contributed by atoms with Gasteiger partial charge in [0.05, 0.1) is 15.9 Å². The van der Waals surface area contributed by atoms with Crippen molar-refractivity contribution in [2.24, 2.45) is 0 Å². The molecule has 0 unspecified atom stereocenters. The van der Waals surface area contributed by atoms with Gasteiger partial charge < -0.3 is 15.5 Å². The van der Waals surface area contributed by atoms with Gasteiger partial charge >= 0.3 is 6.18 Å². The molecule has 5 rings (SSSR count). The number of aromatic nitrogens is 1. The third-order valence-electron chi connectivity index (χ3n) is 7.48. The number of thiocarbonyl (C=S) groups is 2. The van der Waals surface area contributed by atoms with Crippen LogP contribution >= 0.6 is 35.8 Å². The number of nitrogens with zero attached hydrogens (tertiary/aromatic N) is 3. The lowest BCUT2D eigenvalue weighted by molar-refractivity contribution is -0.383. The van der Waals surface area contributed by atoms with Crippen LogP contribution in [0.2, 0.25) is 0 Å². The number of non-ortho nitro benzene ring substituents is 1. The van der Waals surface area contributed by atoms with Gasteiger partial charge in [0.25, 0.3) is 11.2 Å². The molecule has 230 valence electrons. The van der Waals surface area contributed by atoms with Crippen LogP contribution in [-0.2, 0) is 6.18 Å². The second-order valence-corrected chi connectivity index (χ2v) is 12.1. The van der Waals surface area contributed by atoms with Crippen LogP contribution in [0.15, 0.2) is 47.3 Å². The van der Waals surface area contributed by atoms with Gasteiger partial charge in [0.2, 0.25) is 0 Å². The normalized spacial score (nSPS) is 13.1. The third-order valence-corrected chi connectivity index (χ3v) is 9.42. The second kappa shape index (κ2) is 13.1. The Morgan fingerprint density at radius 2 is 1.61 bits per heavy atom. The maximum absolute atomic E-state index is 13.2. The van der Waals surface area contributed by atoms with Crippen LogP contribution in [-0.4, -0.2) is 44.4 Å². The molecule has 0 radical (unpaired) electrons. The predicted octanol–water partition coefficient (Wildman–Crippen LogP) is 7.90. The highest BCUT2D eigenvalue weighted by Gasteiger charge is 2.34. The first-order chi connectivity index (χ1) is 21.0. The quantitative estimate of drug-likeness (QED) is 0.0681. The molecule has 8 nitrogen and oxygen atoms in total. The zero-order chi connectivity index (χ0) is 31.6. The molecule has 1 aromatic heterocycles. The van der Waals surface area contributed by atoms with Gasteiger partial charge in [-0.05, 0) is 38.0 Å². The smallest absolute Gasteiger partial charge is 0.385 e. The fourth-order valence-electron chi connectivity index (χ4n) is 5.31. The summed E-state index contributed by atoms with van der Waals surface area (Å²) in [6.07, 6.45) is -0.187. The highest BCUT2D eigenvalue weighted by Crippen LogP contribution is 2.38. The number of hydrogen-bond acceptors (Lipinski definition) is 9. The van der Waals surface area contributed by atoms with E-state index in [1.165, 1.54) is 0 Å². The van der Waals surface area contributed by atoms with Crippen molar-refractivity contribution in [3.05, 3.63) is 79.6 Å². The third kappa shape index (κ3) is 6.37. The van der Waals surface area contributed by atoms with Crippen LogP contribution in [0.5, 0.6) is 0 Å². The number of nitrogens with one attached hydrogen (secondary N) is 2.